The minimum atomic E-state index is -0.146. The van der Waals surface area contributed by atoms with Crippen LogP contribution >= 0.6 is 35.8 Å². The Morgan fingerprint density at radius 2 is 1.87 bits per heavy atom. The van der Waals surface area contributed by atoms with Gasteiger partial charge in [0.15, 0.2) is 0 Å². The molecule has 0 aliphatic heterocycles. The molecule has 2 N–H and O–H groups in total. The minimum Gasteiger partial charge on any atom is -0.396 e. The van der Waals surface area contributed by atoms with E-state index in [1.54, 1.807) is 6.07 Å². The van der Waals surface area contributed by atoms with Gasteiger partial charge in [0, 0.05) is 27.2 Å². The maximum absolute atomic E-state index is 12.4. The standard InChI is InChI=1S/C17H14ClNO2S.ClH/c18-12-6-7-14-13(10-12)15(11-4-2-1-3-5-11)16(17(21)19-14)22-9-8-20;/h1-7,10,20H,8-9H2,(H,19,21);1H. The quantitative estimate of drug-likeness (QED) is 0.673. The third-order valence-electron chi connectivity index (χ3n) is 3.33. The summed E-state index contributed by atoms with van der Waals surface area (Å²) in [7, 11) is 0. The molecule has 0 unspecified atom stereocenters. The molecule has 3 aromatic rings. The molecule has 1 aromatic heterocycles. The highest BCUT2D eigenvalue weighted by Crippen LogP contribution is 2.35. The highest BCUT2D eigenvalue weighted by molar-refractivity contribution is 7.99. The van der Waals surface area contributed by atoms with E-state index in [2.05, 4.69) is 4.98 Å². The largest absolute Gasteiger partial charge is 0.396 e. The van der Waals surface area contributed by atoms with Gasteiger partial charge in [-0.1, -0.05) is 41.9 Å². The van der Waals surface area contributed by atoms with Gasteiger partial charge >= 0.3 is 0 Å². The number of nitrogens with one attached hydrogen (secondary N) is 1. The van der Waals surface area contributed by atoms with Crippen LogP contribution in [-0.4, -0.2) is 22.5 Å². The Morgan fingerprint density at radius 1 is 1.13 bits per heavy atom. The SMILES string of the molecule is Cl.O=c1[nH]c2ccc(Cl)cc2c(-c2ccccc2)c1SCCO. The van der Waals surface area contributed by atoms with E-state index in [9.17, 15) is 4.79 Å². The molecule has 0 saturated heterocycles. The van der Waals surface area contributed by atoms with Crippen LogP contribution in [0.2, 0.25) is 5.02 Å². The fraction of sp³-hybridized carbons (Fsp3) is 0.118. The number of hydrogen-bond acceptors (Lipinski definition) is 3. The first-order valence-electron chi connectivity index (χ1n) is 6.85. The highest BCUT2D eigenvalue weighted by atomic mass is 35.5. The van der Waals surface area contributed by atoms with Crippen LogP contribution in [-0.2, 0) is 0 Å². The monoisotopic (exact) mass is 367 g/mol. The van der Waals surface area contributed by atoms with Crippen molar-refractivity contribution < 1.29 is 5.11 Å². The average Bonchev–Trinajstić information content (AvgIpc) is 2.54. The van der Waals surface area contributed by atoms with Gasteiger partial charge in [0.05, 0.1) is 11.5 Å². The van der Waals surface area contributed by atoms with Gasteiger partial charge in [-0.2, -0.15) is 0 Å². The summed E-state index contributed by atoms with van der Waals surface area (Å²) in [6, 6.07) is 15.2. The zero-order valence-corrected chi connectivity index (χ0v) is 14.5. The van der Waals surface area contributed by atoms with E-state index in [-0.39, 0.29) is 24.6 Å². The lowest BCUT2D eigenvalue weighted by Gasteiger charge is -2.12. The zero-order valence-electron chi connectivity index (χ0n) is 12.1. The number of pyridine rings is 1. The van der Waals surface area contributed by atoms with E-state index < -0.39 is 0 Å². The van der Waals surface area contributed by atoms with Crippen LogP contribution in [0, 0.1) is 0 Å². The second-order valence-electron chi connectivity index (χ2n) is 4.79. The Bertz CT molecular complexity index is 866. The number of aromatic nitrogens is 1. The number of aliphatic hydroxyl groups is 1. The summed E-state index contributed by atoms with van der Waals surface area (Å²) in [6.07, 6.45) is 0. The van der Waals surface area contributed by atoms with Gasteiger partial charge in [-0.15, -0.1) is 24.2 Å². The molecule has 0 bridgehead atoms. The van der Waals surface area contributed by atoms with E-state index in [1.807, 2.05) is 42.5 Å². The molecule has 0 aliphatic carbocycles. The molecule has 2 aromatic carbocycles. The number of halogens is 2. The second kappa shape index (κ2) is 7.88. The Kier molecular flexibility index (Phi) is 6.13. The van der Waals surface area contributed by atoms with Crippen LogP contribution in [0.15, 0.2) is 58.2 Å². The van der Waals surface area contributed by atoms with E-state index in [4.69, 9.17) is 16.7 Å². The summed E-state index contributed by atoms with van der Waals surface area (Å²) >= 11 is 7.49. The lowest BCUT2D eigenvalue weighted by atomic mass is 10.0. The van der Waals surface area contributed by atoms with Gasteiger partial charge in [-0.3, -0.25) is 4.79 Å². The van der Waals surface area contributed by atoms with Gasteiger partial charge < -0.3 is 10.1 Å². The first-order valence-corrected chi connectivity index (χ1v) is 8.21. The predicted molar refractivity (Wildman–Crippen MR) is 100 cm³/mol. The fourth-order valence-electron chi connectivity index (χ4n) is 2.42. The number of aromatic amines is 1. The van der Waals surface area contributed by atoms with E-state index in [1.165, 1.54) is 11.8 Å². The van der Waals surface area contributed by atoms with Crippen molar-refractivity contribution in [1.29, 1.82) is 0 Å². The molecule has 0 atom stereocenters. The highest BCUT2D eigenvalue weighted by Gasteiger charge is 2.15. The molecule has 0 fully saturated rings. The van der Waals surface area contributed by atoms with Crippen molar-refractivity contribution >= 4 is 46.7 Å². The smallest absolute Gasteiger partial charge is 0.262 e. The van der Waals surface area contributed by atoms with Crippen molar-refractivity contribution in [3.05, 3.63) is 63.9 Å². The van der Waals surface area contributed by atoms with Gasteiger partial charge in [0.2, 0.25) is 0 Å². The molecule has 3 nitrogen and oxygen atoms in total. The summed E-state index contributed by atoms with van der Waals surface area (Å²) in [4.78, 5) is 15.9. The molecule has 0 radical (unpaired) electrons. The van der Waals surface area contributed by atoms with Crippen molar-refractivity contribution in [2.24, 2.45) is 0 Å². The Hall–Kier alpha value is -1.46. The molecule has 0 aliphatic rings. The summed E-state index contributed by atoms with van der Waals surface area (Å²) in [5.74, 6) is 0.467. The number of H-pyrrole nitrogens is 1. The molecule has 1 heterocycles. The number of thioether (sulfide) groups is 1. The van der Waals surface area contributed by atoms with Crippen LogP contribution < -0.4 is 5.56 Å². The molecule has 0 spiro atoms. The Morgan fingerprint density at radius 3 is 2.57 bits per heavy atom. The average molecular weight is 368 g/mol. The lowest BCUT2D eigenvalue weighted by molar-refractivity contribution is 0.322. The number of benzene rings is 2. The van der Waals surface area contributed by atoms with Crippen molar-refractivity contribution in [1.82, 2.24) is 4.98 Å². The zero-order chi connectivity index (χ0) is 15.5. The van der Waals surface area contributed by atoms with Gasteiger partial charge in [0.25, 0.3) is 5.56 Å². The Labute approximate surface area is 149 Å². The molecular formula is C17H15Cl2NO2S. The minimum absolute atomic E-state index is 0. The summed E-state index contributed by atoms with van der Waals surface area (Å²) in [5, 5.41) is 10.6. The molecule has 6 heteroatoms. The van der Waals surface area contributed by atoms with Crippen LogP contribution in [0.1, 0.15) is 0 Å². The van der Waals surface area contributed by atoms with Crippen LogP contribution in [0.5, 0.6) is 0 Å². The fourth-order valence-corrected chi connectivity index (χ4v) is 3.45. The molecule has 0 saturated carbocycles. The second-order valence-corrected chi connectivity index (χ2v) is 6.33. The van der Waals surface area contributed by atoms with Crippen molar-refractivity contribution in [3.63, 3.8) is 0 Å². The number of fused-ring (bicyclic) bond motifs is 1. The summed E-state index contributed by atoms with van der Waals surface area (Å²) < 4.78 is 0. The van der Waals surface area contributed by atoms with E-state index >= 15 is 0 Å². The van der Waals surface area contributed by atoms with Crippen molar-refractivity contribution in [2.75, 3.05) is 12.4 Å². The lowest BCUT2D eigenvalue weighted by Crippen LogP contribution is -2.11. The maximum atomic E-state index is 12.4. The van der Waals surface area contributed by atoms with Crippen molar-refractivity contribution in [3.8, 4) is 11.1 Å². The summed E-state index contributed by atoms with van der Waals surface area (Å²) in [5.41, 5.74) is 2.43. The van der Waals surface area contributed by atoms with E-state index in [0.717, 1.165) is 22.0 Å². The first-order chi connectivity index (χ1) is 10.7. The van der Waals surface area contributed by atoms with Gasteiger partial charge in [0.1, 0.15) is 0 Å². The normalized spacial score (nSPS) is 10.5. The van der Waals surface area contributed by atoms with Crippen LogP contribution in [0.25, 0.3) is 22.0 Å². The third-order valence-corrected chi connectivity index (χ3v) is 4.63. The predicted octanol–water partition coefficient (Wildman–Crippen LogP) is 4.35. The Balaban J connectivity index is 0.00000192. The van der Waals surface area contributed by atoms with Gasteiger partial charge in [-0.05, 0) is 23.8 Å². The number of aliphatic hydroxyl groups excluding tert-OH is 1. The topological polar surface area (TPSA) is 53.1 Å². The van der Waals surface area contributed by atoms with E-state index in [0.29, 0.717) is 15.7 Å². The molecule has 23 heavy (non-hydrogen) atoms. The number of hydrogen-bond donors (Lipinski definition) is 2. The molecule has 3 rings (SSSR count). The summed E-state index contributed by atoms with van der Waals surface area (Å²) in [6.45, 7) is 0.0198. The van der Waals surface area contributed by atoms with Gasteiger partial charge in [-0.25, -0.2) is 0 Å². The maximum Gasteiger partial charge on any atom is 0.262 e. The van der Waals surface area contributed by atoms with Crippen LogP contribution in [0.3, 0.4) is 0 Å². The molecule has 120 valence electrons. The molecular weight excluding hydrogens is 353 g/mol. The number of rotatable bonds is 4. The van der Waals surface area contributed by atoms with Crippen LogP contribution in [0.4, 0.5) is 0 Å². The van der Waals surface area contributed by atoms with Crippen molar-refractivity contribution in [2.45, 2.75) is 4.90 Å². The third kappa shape index (κ3) is 3.72. The molecule has 0 amide bonds. The first kappa shape index (κ1) is 17.9.